The van der Waals surface area contributed by atoms with E-state index >= 15 is 0 Å². The second kappa shape index (κ2) is 27.4. The summed E-state index contributed by atoms with van der Waals surface area (Å²) in [6.45, 7) is 2.30. The minimum absolute atomic E-state index is 1.29. The van der Waals surface area contributed by atoms with Crippen LogP contribution >= 0.6 is 9.24 Å². The predicted molar refractivity (Wildman–Crippen MR) is 136 cm³/mol. The average molecular weight is 413 g/mol. The molecule has 1 unspecified atom stereocenters. The molecule has 0 nitrogen and oxygen atoms in total. The van der Waals surface area contributed by atoms with Gasteiger partial charge in [0.05, 0.1) is 0 Å². The van der Waals surface area contributed by atoms with Crippen molar-refractivity contribution in [2.75, 3.05) is 6.16 Å². The molecule has 0 spiro atoms. The lowest BCUT2D eigenvalue weighted by atomic mass is 10.0. The highest BCUT2D eigenvalue weighted by atomic mass is 31.0. The first-order chi connectivity index (χ1) is 13.9. The lowest BCUT2D eigenvalue weighted by Gasteiger charge is -2.04. The Hall–Kier alpha value is 0.430. The van der Waals surface area contributed by atoms with Gasteiger partial charge < -0.3 is 0 Å². The molecule has 0 aromatic rings. The first-order valence-electron chi connectivity index (χ1n) is 13.6. The highest BCUT2D eigenvalue weighted by Crippen LogP contribution is 2.15. The molecule has 0 saturated heterocycles. The molecule has 0 aliphatic heterocycles. The van der Waals surface area contributed by atoms with Gasteiger partial charge in [-0.1, -0.05) is 161 Å². The van der Waals surface area contributed by atoms with Crippen molar-refractivity contribution in [3.8, 4) is 0 Å². The Bertz CT molecular complexity index is 225. The number of hydrogen-bond donors (Lipinski definition) is 0. The van der Waals surface area contributed by atoms with Crippen molar-refractivity contribution in [2.24, 2.45) is 0 Å². The van der Waals surface area contributed by atoms with E-state index in [1.54, 1.807) is 0 Å². The summed E-state index contributed by atoms with van der Waals surface area (Å²) in [5.74, 6) is 0. The van der Waals surface area contributed by atoms with E-state index in [-0.39, 0.29) is 0 Å². The fourth-order valence-corrected chi connectivity index (χ4v) is 4.57. The van der Waals surface area contributed by atoms with Gasteiger partial charge in [0.2, 0.25) is 0 Å². The van der Waals surface area contributed by atoms with Crippen LogP contribution in [0.15, 0.2) is 0 Å². The van der Waals surface area contributed by atoms with Crippen LogP contribution in [0.5, 0.6) is 0 Å². The van der Waals surface area contributed by atoms with Crippen LogP contribution in [-0.2, 0) is 0 Å². The third-order valence-corrected chi connectivity index (χ3v) is 6.72. The number of rotatable bonds is 25. The maximum absolute atomic E-state index is 2.84. The summed E-state index contributed by atoms with van der Waals surface area (Å²) in [4.78, 5) is 0. The molecule has 0 aliphatic carbocycles. The van der Waals surface area contributed by atoms with Gasteiger partial charge in [-0.3, -0.25) is 0 Å². The summed E-state index contributed by atoms with van der Waals surface area (Å²) in [5, 5.41) is 0. The molecule has 0 aliphatic rings. The third kappa shape index (κ3) is 26.4. The first kappa shape index (κ1) is 28.4. The van der Waals surface area contributed by atoms with E-state index in [0.29, 0.717) is 0 Å². The molecule has 0 aromatic carbocycles. The highest BCUT2D eigenvalue weighted by Gasteiger charge is 1.96. The Balaban J connectivity index is 2.96. The molecule has 170 valence electrons. The Morgan fingerprint density at radius 3 is 0.643 bits per heavy atom. The largest absolute Gasteiger partial charge is 0.138 e. The molecule has 0 bridgehead atoms. The second-order valence-electron chi connectivity index (χ2n) is 9.27. The van der Waals surface area contributed by atoms with Crippen LogP contribution in [0.25, 0.3) is 0 Å². The first-order valence-corrected chi connectivity index (χ1v) is 14.4. The Kier molecular flexibility index (Phi) is 27.9. The molecule has 1 atom stereocenters. The Morgan fingerprint density at radius 2 is 0.464 bits per heavy atom. The summed E-state index contributed by atoms with van der Waals surface area (Å²) in [5.41, 5.74) is 0. The molecular weight excluding hydrogens is 355 g/mol. The lowest BCUT2D eigenvalue weighted by molar-refractivity contribution is 0.517. The smallest absolute Gasteiger partial charge is 0.0381 e. The van der Waals surface area contributed by atoms with Gasteiger partial charge in [0, 0.05) is 0 Å². The monoisotopic (exact) mass is 412 g/mol. The van der Waals surface area contributed by atoms with E-state index in [4.69, 9.17) is 0 Å². The van der Waals surface area contributed by atoms with Gasteiger partial charge in [0.1, 0.15) is 0 Å². The molecule has 0 fully saturated rings. The second-order valence-corrected chi connectivity index (χ2v) is 9.85. The average Bonchev–Trinajstić information content (AvgIpc) is 2.71. The van der Waals surface area contributed by atoms with Gasteiger partial charge in [-0.15, -0.1) is 9.24 Å². The van der Waals surface area contributed by atoms with Crippen LogP contribution in [0.1, 0.15) is 167 Å². The zero-order valence-electron chi connectivity index (χ0n) is 20.0. The summed E-state index contributed by atoms with van der Waals surface area (Å²) < 4.78 is 0. The van der Waals surface area contributed by atoms with Crippen molar-refractivity contribution in [1.82, 2.24) is 0 Å². The van der Waals surface area contributed by atoms with Gasteiger partial charge in [-0.05, 0) is 12.6 Å². The van der Waals surface area contributed by atoms with Crippen LogP contribution in [-0.4, -0.2) is 6.16 Å². The molecule has 1 heteroatoms. The van der Waals surface area contributed by atoms with Crippen molar-refractivity contribution in [1.29, 1.82) is 0 Å². The zero-order valence-corrected chi connectivity index (χ0v) is 21.1. The number of hydrogen-bond acceptors (Lipinski definition) is 0. The SMILES string of the molecule is CCCCCCCCCCCCCCCCCCCCCCCCCCCP. The summed E-state index contributed by atoms with van der Waals surface area (Å²) in [6, 6.07) is 0. The normalized spacial score (nSPS) is 11.4. The van der Waals surface area contributed by atoms with Crippen LogP contribution in [0.3, 0.4) is 0 Å². The third-order valence-electron chi connectivity index (χ3n) is 6.31. The van der Waals surface area contributed by atoms with E-state index in [1.165, 1.54) is 167 Å². The summed E-state index contributed by atoms with van der Waals surface area (Å²) >= 11 is 0. The van der Waals surface area contributed by atoms with Crippen molar-refractivity contribution >= 4 is 9.24 Å². The molecule has 0 heterocycles. The fourth-order valence-electron chi connectivity index (χ4n) is 4.28. The van der Waals surface area contributed by atoms with Crippen LogP contribution in [0, 0.1) is 0 Å². The molecule has 0 N–H and O–H groups in total. The molecule has 0 rings (SSSR count). The summed E-state index contributed by atoms with van der Waals surface area (Å²) in [6.07, 6.45) is 38.2. The van der Waals surface area contributed by atoms with Crippen molar-refractivity contribution < 1.29 is 0 Å². The van der Waals surface area contributed by atoms with Gasteiger partial charge in [0.25, 0.3) is 0 Å². The predicted octanol–water partition coefficient (Wildman–Crippen LogP) is 10.6. The van der Waals surface area contributed by atoms with Crippen molar-refractivity contribution in [2.45, 2.75) is 167 Å². The fraction of sp³-hybridized carbons (Fsp3) is 1.00. The molecule has 28 heavy (non-hydrogen) atoms. The maximum Gasteiger partial charge on any atom is -0.0381 e. The van der Waals surface area contributed by atoms with Gasteiger partial charge in [-0.25, -0.2) is 0 Å². The van der Waals surface area contributed by atoms with Crippen LogP contribution in [0.4, 0.5) is 0 Å². The van der Waals surface area contributed by atoms with E-state index in [1.807, 2.05) is 0 Å². The quantitative estimate of drug-likeness (QED) is 0.103. The van der Waals surface area contributed by atoms with E-state index in [2.05, 4.69) is 16.2 Å². The van der Waals surface area contributed by atoms with Crippen LogP contribution < -0.4 is 0 Å². The van der Waals surface area contributed by atoms with E-state index < -0.39 is 0 Å². The Morgan fingerprint density at radius 1 is 0.286 bits per heavy atom. The molecule has 0 radical (unpaired) electrons. The minimum Gasteiger partial charge on any atom is -0.138 e. The zero-order chi connectivity index (χ0) is 20.4. The Labute approximate surface area is 183 Å². The van der Waals surface area contributed by atoms with E-state index in [0.717, 1.165) is 0 Å². The van der Waals surface area contributed by atoms with E-state index in [9.17, 15) is 0 Å². The van der Waals surface area contributed by atoms with Gasteiger partial charge >= 0.3 is 0 Å². The lowest BCUT2D eigenvalue weighted by Crippen LogP contribution is -1.84. The van der Waals surface area contributed by atoms with Crippen molar-refractivity contribution in [3.63, 3.8) is 0 Å². The minimum atomic E-state index is 1.29. The molecular formula is C27H57P. The van der Waals surface area contributed by atoms with Gasteiger partial charge in [-0.2, -0.15) is 0 Å². The molecule has 0 amide bonds. The molecule has 0 aromatic heterocycles. The summed E-state index contributed by atoms with van der Waals surface area (Å²) in [7, 11) is 2.84. The number of unbranched alkanes of at least 4 members (excludes halogenated alkanes) is 24. The topological polar surface area (TPSA) is 0 Å². The van der Waals surface area contributed by atoms with Gasteiger partial charge in [0.15, 0.2) is 0 Å². The van der Waals surface area contributed by atoms with Crippen LogP contribution in [0.2, 0.25) is 0 Å². The maximum atomic E-state index is 2.84. The standard InChI is InChI=1S/C27H57P/c1-2-3-4-5-6-7-8-9-10-11-12-13-14-15-16-17-18-19-20-21-22-23-24-25-26-27-28/h2-28H2,1H3. The highest BCUT2D eigenvalue weighted by molar-refractivity contribution is 7.16. The molecule has 0 saturated carbocycles. The van der Waals surface area contributed by atoms with Crippen molar-refractivity contribution in [3.05, 3.63) is 0 Å².